The van der Waals surface area contributed by atoms with Gasteiger partial charge in [-0.3, -0.25) is 4.79 Å². The van der Waals surface area contributed by atoms with Crippen molar-refractivity contribution in [3.05, 3.63) is 60.7 Å². The van der Waals surface area contributed by atoms with Gasteiger partial charge in [0.1, 0.15) is 12.4 Å². The number of sulfonamides is 1. The summed E-state index contributed by atoms with van der Waals surface area (Å²) in [7, 11) is -3.70. The van der Waals surface area contributed by atoms with E-state index in [0.29, 0.717) is 63.0 Å². The maximum Gasteiger partial charge on any atom is 0.255 e. The van der Waals surface area contributed by atoms with Crippen LogP contribution in [0.4, 0.5) is 11.4 Å². The summed E-state index contributed by atoms with van der Waals surface area (Å²) in [5.74, 6) is 0.300. The smallest absolute Gasteiger partial charge is 0.255 e. The molecule has 2 aromatic rings. The number of anilines is 2. The molecule has 1 saturated heterocycles. The van der Waals surface area contributed by atoms with Gasteiger partial charge in [0.15, 0.2) is 0 Å². The molecule has 1 N–H and O–H groups in total. The number of hydrogen-bond acceptors (Lipinski definition) is 6. The molecule has 0 bridgehead atoms. The summed E-state index contributed by atoms with van der Waals surface area (Å²) in [5.41, 5.74) is 1.65. The van der Waals surface area contributed by atoms with Crippen LogP contribution in [0.25, 0.3) is 0 Å². The molecule has 0 atom stereocenters. The molecule has 0 radical (unpaired) electrons. The normalized spacial score (nSPS) is 14.5. The van der Waals surface area contributed by atoms with Crippen LogP contribution in [-0.2, 0) is 14.8 Å². The number of benzene rings is 2. The summed E-state index contributed by atoms with van der Waals surface area (Å²) >= 11 is 0. The molecule has 1 amide bonds. The molecule has 2 aromatic carbocycles. The van der Waals surface area contributed by atoms with Gasteiger partial charge in [0, 0.05) is 31.7 Å². The Morgan fingerprint density at radius 3 is 2.42 bits per heavy atom. The van der Waals surface area contributed by atoms with Crippen molar-refractivity contribution < 1.29 is 22.7 Å². The van der Waals surface area contributed by atoms with Crippen LogP contribution in [-0.4, -0.2) is 64.6 Å². The van der Waals surface area contributed by atoms with Crippen molar-refractivity contribution in [2.24, 2.45) is 0 Å². The predicted molar refractivity (Wildman–Crippen MR) is 130 cm³/mol. The molecule has 0 aliphatic carbocycles. The summed E-state index contributed by atoms with van der Waals surface area (Å²) < 4.78 is 38.5. The van der Waals surface area contributed by atoms with E-state index in [1.54, 1.807) is 42.5 Å². The third-order valence-electron chi connectivity index (χ3n) is 5.41. The molecule has 0 saturated carbocycles. The third-order valence-corrected chi connectivity index (χ3v) is 7.31. The average Bonchev–Trinajstić information content (AvgIpc) is 2.85. The zero-order valence-electron chi connectivity index (χ0n) is 19.1. The van der Waals surface area contributed by atoms with E-state index < -0.39 is 10.0 Å². The first-order valence-corrected chi connectivity index (χ1v) is 12.5. The van der Waals surface area contributed by atoms with E-state index in [4.69, 9.17) is 9.47 Å². The Kier molecular flexibility index (Phi) is 8.49. The molecule has 33 heavy (non-hydrogen) atoms. The van der Waals surface area contributed by atoms with Crippen LogP contribution in [0.15, 0.2) is 60.0 Å². The molecule has 1 fully saturated rings. The lowest BCUT2D eigenvalue weighted by molar-refractivity contribution is 0.0730. The van der Waals surface area contributed by atoms with Crippen molar-refractivity contribution >= 4 is 27.3 Å². The largest absolute Gasteiger partial charge is 0.490 e. The Hall–Kier alpha value is -2.88. The number of ether oxygens (including phenoxy) is 2. The van der Waals surface area contributed by atoms with Crippen molar-refractivity contribution in [3.8, 4) is 5.75 Å². The fourth-order valence-electron chi connectivity index (χ4n) is 3.60. The lowest BCUT2D eigenvalue weighted by Gasteiger charge is -2.28. The molecule has 0 unspecified atom stereocenters. The van der Waals surface area contributed by atoms with Crippen molar-refractivity contribution in [1.29, 1.82) is 0 Å². The Morgan fingerprint density at radius 1 is 1.15 bits per heavy atom. The van der Waals surface area contributed by atoms with Crippen molar-refractivity contribution in [1.82, 2.24) is 4.31 Å². The molecule has 9 heteroatoms. The van der Waals surface area contributed by atoms with Gasteiger partial charge in [0.25, 0.3) is 5.91 Å². The van der Waals surface area contributed by atoms with Crippen molar-refractivity contribution in [2.75, 3.05) is 56.2 Å². The highest BCUT2D eigenvalue weighted by atomic mass is 32.2. The van der Waals surface area contributed by atoms with Gasteiger partial charge in [-0.1, -0.05) is 12.7 Å². The Labute approximate surface area is 195 Å². The molecule has 1 aliphatic heterocycles. The maximum absolute atomic E-state index is 13.2. The van der Waals surface area contributed by atoms with Gasteiger partial charge < -0.3 is 19.7 Å². The average molecular weight is 474 g/mol. The predicted octanol–water partition coefficient (Wildman–Crippen LogP) is 3.37. The van der Waals surface area contributed by atoms with Crippen LogP contribution in [0.5, 0.6) is 5.75 Å². The van der Waals surface area contributed by atoms with Gasteiger partial charge >= 0.3 is 0 Å². The molecule has 0 aromatic heterocycles. The first-order valence-electron chi connectivity index (χ1n) is 11.0. The number of hydrogen-bond donors (Lipinski definition) is 1. The summed E-state index contributed by atoms with van der Waals surface area (Å²) in [5, 5.41) is 2.91. The molecule has 1 heterocycles. The Bertz CT molecular complexity index is 1060. The highest BCUT2D eigenvalue weighted by Gasteiger charge is 2.27. The number of rotatable bonds is 10. The molecule has 1 aliphatic rings. The van der Waals surface area contributed by atoms with Crippen LogP contribution < -0.4 is 15.0 Å². The van der Waals surface area contributed by atoms with Crippen molar-refractivity contribution in [3.63, 3.8) is 0 Å². The first-order chi connectivity index (χ1) is 15.9. The van der Waals surface area contributed by atoms with E-state index in [9.17, 15) is 13.2 Å². The molecule has 8 nitrogen and oxygen atoms in total. The Balaban J connectivity index is 1.91. The number of amides is 1. The Morgan fingerprint density at radius 2 is 1.82 bits per heavy atom. The lowest BCUT2D eigenvalue weighted by atomic mass is 10.2. The van der Waals surface area contributed by atoms with Gasteiger partial charge in [-0.2, -0.15) is 4.31 Å². The number of carbonyl (C=O) groups excluding carboxylic acids is 1. The molecular formula is C24H31N3O5S. The number of nitrogens with zero attached hydrogens (tertiary/aromatic N) is 2. The number of morpholine rings is 1. The second-order valence-electron chi connectivity index (χ2n) is 7.45. The second-order valence-corrected chi connectivity index (χ2v) is 9.38. The summed E-state index contributed by atoms with van der Waals surface area (Å²) in [4.78, 5) is 15.2. The molecule has 178 valence electrons. The minimum absolute atomic E-state index is 0.142. The second kappa shape index (κ2) is 11.3. The van der Waals surface area contributed by atoms with Gasteiger partial charge in [0.2, 0.25) is 10.0 Å². The van der Waals surface area contributed by atoms with E-state index in [-0.39, 0.29) is 10.8 Å². The maximum atomic E-state index is 13.2. The monoisotopic (exact) mass is 473 g/mol. The lowest BCUT2D eigenvalue weighted by Crippen LogP contribution is -2.40. The van der Waals surface area contributed by atoms with Crippen LogP contribution in [0.1, 0.15) is 24.2 Å². The van der Waals surface area contributed by atoms with E-state index in [0.717, 1.165) is 5.69 Å². The number of carbonyl (C=O) groups is 1. The van der Waals surface area contributed by atoms with Crippen LogP contribution in [0.2, 0.25) is 0 Å². The van der Waals surface area contributed by atoms with Gasteiger partial charge in [-0.25, -0.2) is 8.42 Å². The third kappa shape index (κ3) is 5.93. The summed E-state index contributed by atoms with van der Waals surface area (Å²) in [6.45, 7) is 10.8. The van der Waals surface area contributed by atoms with Gasteiger partial charge in [-0.05, 0) is 56.3 Å². The molecule has 0 spiro atoms. The van der Waals surface area contributed by atoms with E-state index in [2.05, 4.69) is 16.8 Å². The highest BCUT2D eigenvalue weighted by molar-refractivity contribution is 7.89. The molecular weight excluding hydrogens is 442 g/mol. The topological polar surface area (TPSA) is 88.2 Å². The van der Waals surface area contributed by atoms with Crippen molar-refractivity contribution in [2.45, 2.75) is 18.7 Å². The quantitative estimate of drug-likeness (QED) is 0.533. The van der Waals surface area contributed by atoms with E-state index in [1.165, 1.54) is 10.4 Å². The minimum Gasteiger partial charge on any atom is -0.490 e. The fourth-order valence-corrected chi connectivity index (χ4v) is 5.04. The van der Waals surface area contributed by atoms with Gasteiger partial charge in [-0.15, -0.1) is 0 Å². The van der Waals surface area contributed by atoms with E-state index >= 15 is 0 Å². The van der Waals surface area contributed by atoms with Crippen LogP contribution in [0, 0.1) is 0 Å². The summed E-state index contributed by atoms with van der Waals surface area (Å²) in [6, 6.07) is 11.6. The highest BCUT2D eigenvalue weighted by Crippen LogP contribution is 2.31. The van der Waals surface area contributed by atoms with Crippen LogP contribution in [0.3, 0.4) is 0 Å². The zero-order chi connectivity index (χ0) is 23.8. The first kappa shape index (κ1) is 24.8. The summed E-state index contributed by atoms with van der Waals surface area (Å²) in [6.07, 6.45) is 1.65. The van der Waals surface area contributed by atoms with Crippen LogP contribution >= 0.6 is 0 Å². The SMILES string of the molecule is C=CCOc1ccc(C(=O)Nc2cc(S(=O)(=O)N3CCOCC3)ccc2N(CC)CC)cc1. The standard InChI is InChI=1S/C24H31N3O5S/c1-4-15-32-20-9-7-19(8-10-20)24(28)25-22-18-21(11-12-23(22)26(5-2)6-3)33(29,30)27-13-16-31-17-14-27/h4,7-12,18H,1,5-6,13-17H2,2-3H3,(H,25,28). The fraction of sp³-hybridized carbons (Fsp3) is 0.375. The number of nitrogens with one attached hydrogen (secondary N) is 1. The molecule has 3 rings (SSSR count). The van der Waals surface area contributed by atoms with E-state index in [1.807, 2.05) is 13.8 Å². The minimum atomic E-state index is -3.70. The van der Waals surface area contributed by atoms with Gasteiger partial charge in [0.05, 0.1) is 29.5 Å². The zero-order valence-corrected chi connectivity index (χ0v) is 19.9.